The van der Waals surface area contributed by atoms with E-state index in [9.17, 15) is 13.2 Å². The predicted octanol–water partition coefficient (Wildman–Crippen LogP) is -0.151. The molecule has 1 rings (SSSR count). The summed E-state index contributed by atoms with van der Waals surface area (Å²) < 4.78 is 25.1. The Labute approximate surface area is 120 Å². The summed E-state index contributed by atoms with van der Waals surface area (Å²) in [5.74, 6) is -0.141. The van der Waals surface area contributed by atoms with Gasteiger partial charge in [-0.05, 0) is 24.6 Å². The summed E-state index contributed by atoms with van der Waals surface area (Å²) >= 11 is 0. The summed E-state index contributed by atoms with van der Waals surface area (Å²) in [5, 5.41) is 4.61. The van der Waals surface area contributed by atoms with Crippen LogP contribution in [0.1, 0.15) is 13.3 Å². The molecular formula is C13H22N3O3S+. The van der Waals surface area contributed by atoms with E-state index in [4.69, 9.17) is 0 Å². The zero-order valence-electron chi connectivity index (χ0n) is 12.1. The van der Waals surface area contributed by atoms with Gasteiger partial charge in [0.1, 0.15) is 0 Å². The zero-order chi connectivity index (χ0) is 15.2. The van der Waals surface area contributed by atoms with Gasteiger partial charge in [0.05, 0.1) is 11.4 Å². The van der Waals surface area contributed by atoms with Gasteiger partial charge in [0, 0.05) is 19.8 Å². The standard InChI is InChI=1S/C13H21N3O3S/c1-4-8-14-10-13(17)15-11-6-5-7-12(9-11)20(18,19)16(2)3/h5-7,9,14H,4,8,10H2,1-3H3,(H,15,17)/p+1. The predicted molar refractivity (Wildman–Crippen MR) is 77.9 cm³/mol. The second kappa shape index (κ2) is 7.37. The van der Waals surface area contributed by atoms with Crippen molar-refractivity contribution in [1.29, 1.82) is 0 Å². The molecule has 0 spiro atoms. The van der Waals surface area contributed by atoms with E-state index >= 15 is 0 Å². The van der Waals surface area contributed by atoms with Crippen LogP contribution in [0.5, 0.6) is 0 Å². The third-order valence-corrected chi connectivity index (χ3v) is 4.53. The Morgan fingerprint density at radius 3 is 2.65 bits per heavy atom. The van der Waals surface area contributed by atoms with Crippen molar-refractivity contribution in [3.05, 3.63) is 24.3 Å². The Kier molecular flexibility index (Phi) is 6.12. The molecule has 0 aliphatic carbocycles. The molecule has 0 radical (unpaired) electrons. The molecule has 0 heterocycles. The largest absolute Gasteiger partial charge is 0.338 e. The molecule has 0 atom stereocenters. The number of nitrogens with one attached hydrogen (secondary N) is 1. The number of quaternary nitrogens is 1. The van der Waals surface area contributed by atoms with E-state index in [2.05, 4.69) is 5.32 Å². The van der Waals surface area contributed by atoms with E-state index in [1.165, 1.54) is 26.2 Å². The summed E-state index contributed by atoms with van der Waals surface area (Å²) in [6.45, 7) is 3.27. The highest BCUT2D eigenvalue weighted by Crippen LogP contribution is 2.17. The van der Waals surface area contributed by atoms with Crippen LogP contribution in [0.3, 0.4) is 0 Å². The molecule has 0 aliphatic rings. The van der Waals surface area contributed by atoms with Crippen molar-refractivity contribution < 1.29 is 18.5 Å². The lowest BCUT2D eigenvalue weighted by atomic mass is 10.3. The van der Waals surface area contributed by atoms with Crippen molar-refractivity contribution in [3.63, 3.8) is 0 Å². The Balaban J connectivity index is 2.77. The Hall–Kier alpha value is -1.44. The first-order valence-corrected chi connectivity index (χ1v) is 7.96. The number of carbonyl (C=O) groups excluding carboxylic acids is 1. The molecule has 1 aromatic carbocycles. The van der Waals surface area contributed by atoms with Crippen LogP contribution in [0.4, 0.5) is 5.69 Å². The number of benzene rings is 1. The Bertz CT molecular complexity index is 556. The van der Waals surface area contributed by atoms with Crippen molar-refractivity contribution in [1.82, 2.24) is 4.31 Å². The average Bonchev–Trinajstić information content (AvgIpc) is 2.39. The first-order valence-electron chi connectivity index (χ1n) is 6.52. The normalized spacial score (nSPS) is 11.6. The third kappa shape index (κ3) is 4.59. The van der Waals surface area contributed by atoms with Gasteiger partial charge in [-0.3, -0.25) is 4.79 Å². The lowest BCUT2D eigenvalue weighted by Gasteiger charge is -2.12. The number of amides is 1. The topological polar surface area (TPSA) is 83.1 Å². The fourth-order valence-electron chi connectivity index (χ4n) is 1.59. The molecule has 1 amide bonds. The van der Waals surface area contributed by atoms with Crippen LogP contribution in [0.25, 0.3) is 0 Å². The maximum atomic E-state index is 12.0. The van der Waals surface area contributed by atoms with Gasteiger partial charge in [-0.15, -0.1) is 0 Å². The quantitative estimate of drug-likeness (QED) is 0.687. The number of anilines is 1. The number of rotatable bonds is 7. The van der Waals surface area contributed by atoms with Crippen molar-refractivity contribution in [2.45, 2.75) is 18.2 Å². The highest BCUT2D eigenvalue weighted by atomic mass is 32.2. The molecule has 20 heavy (non-hydrogen) atoms. The zero-order valence-corrected chi connectivity index (χ0v) is 12.9. The summed E-state index contributed by atoms with van der Waals surface area (Å²) in [6.07, 6.45) is 1.00. The minimum atomic E-state index is -3.48. The van der Waals surface area contributed by atoms with Gasteiger partial charge in [-0.25, -0.2) is 12.7 Å². The van der Waals surface area contributed by atoms with Crippen molar-refractivity contribution in [3.8, 4) is 0 Å². The third-order valence-electron chi connectivity index (χ3n) is 2.72. The molecule has 0 unspecified atom stereocenters. The molecule has 3 N–H and O–H groups in total. The van der Waals surface area contributed by atoms with Crippen LogP contribution < -0.4 is 10.6 Å². The van der Waals surface area contributed by atoms with E-state index in [0.717, 1.165) is 17.3 Å². The van der Waals surface area contributed by atoms with Crippen LogP contribution >= 0.6 is 0 Å². The summed E-state index contributed by atoms with van der Waals surface area (Å²) in [5.41, 5.74) is 0.489. The van der Waals surface area contributed by atoms with Crippen LogP contribution in [-0.4, -0.2) is 45.8 Å². The van der Waals surface area contributed by atoms with Crippen molar-refractivity contribution >= 4 is 21.6 Å². The molecule has 0 aliphatic heterocycles. The molecule has 0 aromatic heterocycles. The molecule has 0 saturated heterocycles. The highest BCUT2D eigenvalue weighted by molar-refractivity contribution is 7.89. The van der Waals surface area contributed by atoms with E-state index in [-0.39, 0.29) is 10.8 Å². The summed E-state index contributed by atoms with van der Waals surface area (Å²) in [4.78, 5) is 11.8. The van der Waals surface area contributed by atoms with Gasteiger partial charge >= 0.3 is 0 Å². The van der Waals surface area contributed by atoms with Crippen LogP contribution in [0.2, 0.25) is 0 Å². The number of nitrogens with zero attached hydrogens (tertiary/aromatic N) is 1. The van der Waals surface area contributed by atoms with Crippen LogP contribution in [-0.2, 0) is 14.8 Å². The van der Waals surface area contributed by atoms with E-state index in [1.54, 1.807) is 12.1 Å². The molecule has 1 aromatic rings. The number of sulfonamides is 1. The molecule has 0 bridgehead atoms. The Morgan fingerprint density at radius 1 is 1.35 bits per heavy atom. The van der Waals surface area contributed by atoms with Crippen molar-refractivity contribution in [2.75, 3.05) is 32.5 Å². The molecular weight excluding hydrogens is 278 g/mol. The fraction of sp³-hybridized carbons (Fsp3) is 0.462. The lowest BCUT2D eigenvalue weighted by molar-refractivity contribution is -0.643. The lowest BCUT2D eigenvalue weighted by Crippen LogP contribution is -2.86. The molecule has 0 saturated carbocycles. The van der Waals surface area contributed by atoms with Gasteiger partial charge in [-0.2, -0.15) is 0 Å². The fourth-order valence-corrected chi connectivity index (χ4v) is 2.54. The minimum Gasteiger partial charge on any atom is -0.338 e. The van der Waals surface area contributed by atoms with E-state index < -0.39 is 10.0 Å². The number of hydrogen-bond acceptors (Lipinski definition) is 3. The molecule has 112 valence electrons. The highest BCUT2D eigenvalue weighted by Gasteiger charge is 2.17. The second-order valence-electron chi connectivity index (χ2n) is 4.64. The summed E-state index contributed by atoms with van der Waals surface area (Å²) in [6, 6.07) is 6.26. The van der Waals surface area contributed by atoms with Gasteiger partial charge < -0.3 is 10.6 Å². The Morgan fingerprint density at radius 2 is 2.05 bits per heavy atom. The average molecular weight is 300 g/mol. The smallest absolute Gasteiger partial charge is 0.279 e. The van der Waals surface area contributed by atoms with Crippen LogP contribution in [0, 0.1) is 0 Å². The molecule has 6 nitrogen and oxygen atoms in total. The monoisotopic (exact) mass is 300 g/mol. The summed E-state index contributed by atoms with van der Waals surface area (Å²) in [7, 11) is -0.537. The number of hydrogen-bond donors (Lipinski definition) is 2. The maximum Gasteiger partial charge on any atom is 0.279 e. The number of carbonyl (C=O) groups is 1. The second-order valence-corrected chi connectivity index (χ2v) is 6.80. The van der Waals surface area contributed by atoms with Gasteiger partial charge in [0.25, 0.3) is 5.91 Å². The van der Waals surface area contributed by atoms with Crippen LogP contribution in [0.15, 0.2) is 29.2 Å². The number of nitrogens with two attached hydrogens (primary N) is 1. The van der Waals surface area contributed by atoms with Gasteiger partial charge in [0.2, 0.25) is 10.0 Å². The van der Waals surface area contributed by atoms with Crippen molar-refractivity contribution in [2.24, 2.45) is 0 Å². The first-order chi connectivity index (χ1) is 9.37. The molecule has 0 fully saturated rings. The van der Waals surface area contributed by atoms with Gasteiger partial charge in [0.15, 0.2) is 6.54 Å². The SMILES string of the molecule is CCC[NH2+]CC(=O)Nc1cccc(S(=O)(=O)N(C)C)c1. The first kappa shape index (κ1) is 16.6. The maximum absolute atomic E-state index is 12.0. The van der Waals surface area contributed by atoms with Gasteiger partial charge in [-0.1, -0.05) is 13.0 Å². The molecule has 7 heteroatoms. The minimum absolute atomic E-state index is 0.141. The van der Waals surface area contributed by atoms with E-state index in [1.807, 2.05) is 12.2 Å². The van der Waals surface area contributed by atoms with E-state index in [0.29, 0.717) is 12.2 Å².